The van der Waals surface area contributed by atoms with Crippen molar-refractivity contribution in [1.29, 1.82) is 0 Å². The van der Waals surface area contributed by atoms with Crippen LogP contribution in [0.4, 0.5) is 0 Å². The molecule has 0 aromatic rings. The third-order valence-corrected chi connectivity index (χ3v) is 3.44. The molecule has 0 saturated heterocycles. The minimum atomic E-state index is -0.535. The molecule has 0 aromatic heterocycles. The second-order valence-corrected chi connectivity index (χ2v) is 5.00. The van der Waals surface area contributed by atoms with Crippen LogP contribution in [0.3, 0.4) is 0 Å². The Labute approximate surface area is 110 Å². The zero-order valence-electron chi connectivity index (χ0n) is 12.0. The predicted molar refractivity (Wildman–Crippen MR) is 73.0 cm³/mol. The molecule has 0 aliphatic heterocycles. The molecule has 0 spiro atoms. The van der Waals surface area contributed by atoms with E-state index in [-0.39, 0.29) is 17.9 Å². The number of carbonyl (C=O) groups is 2. The zero-order valence-corrected chi connectivity index (χ0v) is 12.0. The molecule has 5 heteroatoms. The summed E-state index contributed by atoms with van der Waals surface area (Å²) in [5.41, 5.74) is 5.06. The number of amides is 2. The van der Waals surface area contributed by atoms with E-state index in [2.05, 4.69) is 10.6 Å². The van der Waals surface area contributed by atoms with Gasteiger partial charge in [-0.15, -0.1) is 0 Å². The molecule has 106 valence electrons. The predicted octanol–water partition coefficient (Wildman–Crippen LogP) is 0.782. The average Bonchev–Trinajstić information content (AvgIpc) is 2.37. The van der Waals surface area contributed by atoms with Gasteiger partial charge in [0.2, 0.25) is 11.8 Å². The van der Waals surface area contributed by atoms with Gasteiger partial charge in [0.25, 0.3) is 0 Å². The van der Waals surface area contributed by atoms with Gasteiger partial charge in [-0.1, -0.05) is 13.8 Å². The molecular formula is C13H27N3O2. The number of hydrogen-bond acceptors (Lipinski definition) is 3. The number of carbonyl (C=O) groups excluding carboxylic acids is 2. The Balaban J connectivity index is 3.98. The highest BCUT2D eigenvalue weighted by molar-refractivity contribution is 5.83. The van der Waals surface area contributed by atoms with Crippen LogP contribution in [0.15, 0.2) is 0 Å². The van der Waals surface area contributed by atoms with Gasteiger partial charge in [0, 0.05) is 25.6 Å². The van der Waals surface area contributed by atoms with Crippen molar-refractivity contribution in [1.82, 2.24) is 10.6 Å². The highest BCUT2D eigenvalue weighted by Gasteiger charge is 2.29. The zero-order chi connectivity index (χ0) is 14.2. The van der Waals surface area contributed by atoms with E-state index in [9.17, 15) is 9.59 Å². The van der Waals surface area contributed by atoms with Crippen molar-refractivity contribution in [2.24, 2.45) is 11.1 Å². The minimum Gasteiger partial charge on any atom is -0.355 e. The molecule has 0 aromatic carbocycles. The maximum atomic E-state index is 11.9. The van der Waals surface area contributed by atoms with Gasteiger partial charge < -0.3 is 16.4 Å². The normalized spacial score (nSPS) is 15.6. The Kier molecular flexibility index (Phi) is 7.59. The second kappa shape index (κ2) is 8.08. The van der Waals surface area contributed by atoms with E-state index in [0.29, 0.717) is 25.9 Å². The molecule has 0 aliphatic carbocycles. The van der Waals surface area contributed by atoms with Crippen LogP contribution < -0.4 is 16.4 Å². The van der Waals surface area contributed by atoms with E-state index in [0.717, 1.165) is 6.42 Å². The Morgan fingerprint density at radius 1 is 1.33 bits per heavy atom. The van der Waals surface area contributed by atoms with Gasteiger partial charge in [-0.25, -0.2) is 0 Å². The van der Waals surface area contributed by atoms with E-state index in [4.69, 9.17) is 5.73 Å². The SMILES string of the molecule is CCC(C)NC(=O)CCNC(=O)C(C)(CC)CN. The van der Waals surface area contributed by atoms with Crippen molar-refractivity contribution in [2.45, 2.75) is 53.0 Å². The molecule has 0 aliphatic rings. The van der Waals surface area contributed by atoms with E-state index >= 15 is 0 Å². The van der Waals surface area contributed by atoms with E-state index in [1.807, 2.05) is 27.7 Å². The largest absolute Gasteiger partial charge is 0.355 e. The number of nitrogens with one attached hydrogen (secondary N) is 2. The van der Waals surface area contributed by atoms with E-state index < -0.39 is 5.41 Å². The first-order chi connectivity index (χ1) is 8.39. The summed E-state index contributed by atoms with van der Waals surface area (Å²) in [6.07, 6.45) is 1.90. The molecule has 2 unspecified atom stereocenters. The molecule has 0 bridgehead atoms. The van der Waals surface area contributed by atoms with Gasteiger partial charge in [0.05, 0.1) is 5.41 Å². The lowest BCUT2D eigenvalue weighted by molar-refractivity contribution is -0.130. The van der Waals surface area contributed by atoms with Crippen LogP contribution in [-0.4, -0.2) is 30.9 Å². The van der Waals surface area contributed by atoms with Crippen LogP contribution >= 0.6 is 0 Å². The van der Waals surface area contributed by atoms with Crippen molar-refractivity contribution in [3.05, 3.63) is 0 Å². The van der Waals surface area contributed by atoms with Crippen LogP contribution in [0.5, 0.6) is 0 Å². The first kappa shape index (κ1) is 16.9. The quantitative estimate of drug-likeness (QED) is 0.601. The molecule has 0 fully saturated rings. The summed E-state index contributed by atoms with van der Waals surface area (Å²) in [6, 6.07) is 0.179. The van der Waals surface area contributed by atoms with Gasteiger partial charge in [0.15, 0.2) is 0 Å². The Morgan fingerprint density at radius 2 is 1.94 bits per heavy atom. The molecule has 18 heavy (non-hydrogen) atoms. The van der Waals surface area contributed by atoms with Crippen molar-refractivity contribution < 1.29 is 9.59 Å². The van der Waals surface area contributed by atoms with Crippen LogP contribution in [0.2, 0.25) is 0 Å². The first-order valence-electron chi connectivity index (χ1n) is 6.67. The molecule has 2 atom stereocenters. The molecule has 2 amide bonds. The standard InChI is InChI=1S/C13H27N3O2/c1-5-10(3)16-11(17)7-8-15-12(18)13(4,6-2)9-14/h10H,5-9,14H2,1-4H3,(H,15,18)(H,16,17). The van der Waals surface area contributed by atoms with Gasteiger partial charge in [-0.2, -0.15) is 0 Å². The number of nitrogens with two attached hydrogens (primary N) is 1. The summed E-state index contributed by atoms with van der Waals surface area (Å²) < 4.78 is 0. The highest BCUT2D eigenvalue weighted by atomic mass is 16.2. The van der Waals surface area contributed by atoms with E-state index in [1.54, 1.807) is 0 Å². The van der Waals surface area contributed by atoms with Crippen LogP contribution in [0.25, 0.3) is 0 Å². The Bertz CT molecular complexity index is 275. The lowest BCUT2D eigenvalue weighted by atomic mass is 9.87. The minimum absolute atomic E-state index is 0.0319. The van der Waals surface area contributed by atoms with Crippen LogP contribution in [0, 0.1) is 5.41 Å². The second-order valence-electron chi connectivity index (χ2n) is 5.00. The highest BCUT2D eigenvalue weighted by Crippen LogP contribution is 2.18. The summed E-state index contributed by atoms with van der Waals surface area (Å²) >= 11 is 0. The molecule has 5 nitrogen and oxygen atoms in total. The lowest BCUT2D eigenvalue weighted by Crippen LogP contribution is -2.44. The third kappa shape index (κ3) is 5.49. The average molecular weight is 257 g/mol. The molecular weight excluding hydrogens is 230 g/mol. The van der Waals surface area contributed by atoms with Crippen molar-refractivity contribution in [2.75, 3.05) is 13.1 Å². The number of hydrogen-bond donors (Lipinski definition) is 3. The topological polar surface area (TPSA) is 84.2 Å². The fraction of sp³-hybridized carbons (Fsp3) is 0.846. The first-order valence-corrected chi connectivity index (χ1v) is 6.67. The molecule has 0 saturated carbocycles. The monoisotopic (exact) mass is 257 g/mol. The smallest absolute Gasteiger partial charge is 0.227 e. The summed E-state index contributed by atoms with van der Waals surface area (Å²) in [5, 5.41) is 5.62. The van der Waals surface area contributed by atoms with Crippen LogP contribution in [0.1, 0.15) is 47.0 Å². The maximum absolute atomic E-state index is 11.9. The number of rotatable bonds is 8. The van der Waals surface area contributed by atoms with Crippen LogP contribution in [-0.2, 0) is 9.59 Å². The van der Waals surface area contributed by atoms with Crippen molar-refractivity contribution in [3.63, 3.8) is 0 Å². The lowest BCUT2D eigenvalue weighted by Gasteiger charge is -2.24. The van der Waals surface area contributed by atoms with E-state index in [1.165, 1.54) is 0 Å². The van der Waals surface area contributed by atoms with Crippen molar-refractivity contribution in [3.8, 4) is 0 Å². The third-order valence-electron chi connectivity index (χ3n) is 3.44. The summed E-state index contributed by atoms with van der Waals surface area (Å²) in [4.78, 5) is 23.4. The summed E-state index contributed by atoms with van der Waals surface area (Å²) in [5.74, 6) is -0.112. The van der Waals surface area contributed by atoms with Gasteiger partial charge in [-0.05, 0) is 26.7 Å². The molecule has 0 rings (SSSR count). The van der Waals surface area contributed by atoms with Gasteiger partial charge in [0.1, 0.15) is 0 Å². The molecule has 4 N–H and O–H groups in total. The van der Waals surface area contributed by atoms with Gasteiger partial charge in [-0.3, -0.25) is 9.59 Å². The fourth-order valence-electron chi connectivity index (χ4n) is 1.35. The maximum Gasteiger partial charge on any atom is 0.227 e. The summed E-state index contributed by atoms with van der Waals surface area (Å²) in [6.45, 7) is 8.41. The molecule has 0 radical (unpaired) electrons. The van der Waals surface area contributed by atoms with Gasteiger partial charge >= 0.3 is 0 Å². The summed E-state index contributed by atoms with van der Waals surface area (Å²) in [7, 11) is 0. The van der Waals surface area contributed by atoms with Crippen molar-refractivity contribution >= 4 is 11.8 Å². The molecule has 0 heterocycles. The fourth-order valence-corrected chi connectivity index (χ4v) is 1.35. The Morgan fingerprint density at radius 3 is 2.39 bits per heavy atom. The Hall–Kier alpha value is -1.10.